The van der Waals surface area contributed by atoms with Crippen LogP contribution in [0.3, 0.4) is 0 Å². The zero-order valence-corrected chi connectivity index (χ0v) is 11.4. The van der Waals surface area contributed by atoms with Crippen LogP contribution in [0.2, 0.25) is 5.02 Å². The van der Waals surface area contributed by atoms with E-state index in [9.17, 15) is 5.11 Å². The van der Waals surface area contributed by atoms with Crippen LogP contribution in [-0.2, 0) is 19.1 Å². The molecule has 4 heteroatoms. The Morgan fingerprint density at radius 3 is 2.50 bits per heavy atom. The Hall–Kier alpha value is -1.32. The summed E-state index contributed by atoms with van der Waals surface area (Å²) in [6.07, 6.45) is 2.69. The first-order valence-corrected chi connectivity index (χ1v) is 6.39. The highest BCUT2D eigenvalue weighted by Gasteiger charge is 2.33. The molecule has 1 unspecified atom stereocenters. The van der Waals surface area contributed by atoms with Gasteiger partial charge in [-0.3, -0.25) is 4.68 Å². The third-order valence-corrected chi connectivity index (χ3v) is 3.54. The smallest absolute Gasteiger partial charge is 0.111 e. The van der Waals surface area contributed by atoms with E-state index in [2.05, 4.69) is 5.10 Å². The van der Waals surface area contributed by atoms with Crippen molar-refractivity contribution in [1.82, 2.24) is 9.78 Å². The van der Waals surface area contributed by atoms with Gasteiger partial charge in [-0.1, -0.05) is 48.9 Å². The van der Waals surface area contributed by atoms with Gasteiger partial charge in [-0.2, -0.15) is 5.10 Å². The Morgan fingerprint density at radius 1 is 1.33 bits per heavy atom. The van der Waals surface area contributed by atoms with E-state index in [-0.39, 0.29) is 0 Å². The molecule has 0 fully saturated rings. The molecule has 0 spiro atoms. The molecule has 3 nitrogen and oxygen atoms in total. The van der Waals surface area contributed by atoms with Gasteiger partial charge >= 0.3 is 0 Å². The van der Waals surface area contributed by atoms with Crippen molar-refractivity contribution in [3.63, 3.8) is 0 Å². The maximum Gasteiger partial charge on any atom is 0.111 e. The van der Waals surface area contributed by atoms with Crippen LogP contribution < -0.4 is 0 Å². The zero-order chi connectivity index (χ0) is 13.2. The normalized spacial score (nSPS) is 14.4. The molecule has 2 aromatic rings. The van der Waals surface area contributed by atoms with Crippen LogP contribution in [0, 0.1) is 0 Å². The lowest BCUT2D eigenvalue weighted by atomic mass is 9.88. The zero-order valence-electron chi connectivity index (χ0n) is 10.6. The molecular weight excluding hydrogens is 248 g/mol. The summed E-state index contributed by atoms with van der Waals surface area (Å²) in [5.74, 6) is 0. The molecule has 0 radical (unpaired) electrons. The van der Waals surface area contributed by atoms with Gasteiger partial charge < -0.3 is 5.11 Å². The van der Waals surface area contributed by atoms with Crippen molar-refractivity contribution in [3.8, 4) is 0 Å². The summed E-state index contributed by atoms with van der Waals surface area (Å²) in [5.41, 5.74) is 0.776. The lowest BCUT2D eigenvalue weighted by molar-refractivity contribution is 0.0246. The Bertz CT molecular complexity index is 504. The van der Waals surface area contributed by atoms with Crippen molar-refractivity contribution in [2.45, 2.75) is 25.4 Å². The van der Waals surface area contributed by atoms with Crippen LogP contribution in [0.4, 0.5) is 0 Å². The third-order valence-electron chi connectivity index (χ3n) is 3.26. The fraction of sp³-hybridized carbons (Fsp3) is 0.357. The second kappa shape index (κ2) is 5.12. The monoisotopic (exact) mass is 264 g/mol. The van der Waals surface area contributed by atoms with E-state index >= 15 is 0 Å². The minimum Gasteiger partial charge on any atom is -0.383 e. The maximum absolute atomic E-state index is 10.9. The van der Waals surface area contributed by atoms with Gasteiger partial charge in [0.15, 0.2) is 0 Å². The van der Waals surface area contributed by atoms with Crippen LogP contribution in [0.25, 0.3) is 0 Å². The van der Waals surface area contributed by atoms with Crippen LogP contribution in [0.5, 0.6) is 0 Å². The van der Waals surface area contributed by atoms with Crippen LogP contribution >= 0.6 is 11.6 Å². The summed E-state index contributed by atoms with van der Waals surface area (Å²) < 4.78 is 1.65. The average Bonchev–Trinajstić information content (AvgIpc) is 2.71. The number of benzene rings is 1. The van der Waals surface area contributed by atoms with E-state index in [0.717, 1.165) is 5.56 Å². The first kappa shape index (κ1) is 13.1. The molecule has 1 N–H and O–H groups in total. The van der Waals surface area contributed by atoms with E-state index < -0.39 is 5.60 Å². The minimum atomic E-state index is -0.982. The van der Waals surface area contributed by atoms with Gasteiger partial charge in [0, 0.05) is 13.5 Å². The Balaban J connectivity index is 2.37. The molecule has 18 heavy (non-hydrogen) atoms. The second-order valence-corrected chi connectivity index (χ2v) is 4.92. The highest BCUT2D eigenvalue weighted by atomic mass is 35.5. The molecule has 0 aliphatic carbocycles. The predicted molar refractivity (Wildman–Crippen MR) is 72.6 cm³/mol. The summed E-state index contributed by atoms with van der Waals surface area (Å²) >= 11 is 6.13. The summed E-state index contributed by atoms with van der Waals surface area (Å²) in [6, 6.07) is 9.91. The molecule has 1 heterocycles. The Labute approximate surface area is 112 Å². The molecule has 0 aliphatic rings. The number of hydrogen-bond donors (Lipinski definition) is 1. The molecule has 0 saturated heterocycles. The Kier molecular flexibility index (Phi) is 3.73. The number of aliphatic hydroxyl groups is 1. The lowest BCUT2D eigenvalue weighted by Crippen LogP contribution is -2.30. The van der Waals surface area contributed by atoms with Crippen molar-refractivity contribution in [1.29, 1.82) is 0 Å². The molecule has 0 amide bonds. The maximum atomic E-state index is 10.9. The molecule has 1 aromatic carbocycles. The molecule has 0 saturated carbocycles. The summed E-state index contributed by atoms with van der Waals surface area (Å²) in [6.45, 7) is 1.95. The van der Waals surface area contributed by atoms with Crippen molar-refractivity contribution < 1.29 is 5.11 Å². The molecule has 2 rings (SSSR count). The number of nitrogens with zero attached hydrogens (tertiary/aromatic N) is 2. The predicted octanol–water partition coefficient (Wildman–Crippen LogP) is 2.91. The highest BCUT2D eigenvalue weighted by molar-refractivity contribution is 6.31. The summed E-state index contributed by atoms with van der Waals surface area (Å²) in [7, 11) is 1.80. The highest BCUT2D eigenvalue weighted by Crippen LogP contribution is 2.33. The number of halogens is 1. The summed E-state index contributed by atoms with van der Waals surface area (Å²) in [5, 5.41) is 15.5. The standard InChI is InChI=1S/C14H17ClN2O/c1-3-14(18,9-11-7-5-4-6-8-11)13-12(15)10-16-17(13)2/h4-8,10,18H,3,9H2,1-2H3. The van der Waals surface area contributed by atoms with Crippen LogP contribution in [0.15, 0.2) is 36.5 Å². The number of aromatic nitrogens is 2. The van der Waals surface area contributed by atoms with Crippen molar-refractivity contribution in [3.05, 3.63) is 52.8 Å². The molecule has 96 valence electrons. The number of hydrogen-bond acceptors (Lipinski definition) is 2. The average molecular weight is 265 g/mol. The van der Waals surface area contributed by atoms with Crippen LogP contribution in [0.1, 0.15) is 24.6 Å². The van der Waals surface area contributed by atoms with E-state index in [1.807, 2.05) is 37.3 Å². The van der Waals surface area contributed by atoms with Gasteiger partial charge in [0.25, 0.3) is 0 Å². The molecule has 1 atom stereocenters. The van der Waals surface area contributed by atoms with Gasteiger partial charge in [0.05, 0.1) is 16.9 Å². The topological polar surface area (TPSA) is 38.1 Å². The first-order chi connectivity index (χ1) is 8.57. The fourth-order valence-corrected chi connectivity index (χ4v) is 2.59. The van der Waals surface area contributed by atoms with E-state index in [0.29, 0.717) is 23.6 Å². The first-order valence-electron chi connectivity index (χ1n) is 6.01. The van der Waals surface area contributed by atoms with Gasteiger partial charge in [-0.15, -0.1) is 0 Å². The molecule has 0 aliphatic heterocycles. The Morgan fingerprint density at radius 2 is 2.00 bits per heavy atom. The van der Waals surface area contributed by atoms with Crippen molar-refractivity contribution >= 4 is 11.6 Å². The van der Waals surface area contributed by atoms with Crippen molar-refractivity contribution in [2.75, 3.05) is 0 Å². The van der Waals surface area contributed by atoms with Gasteiger partial charge in [-0.25, -0.2) is 0 Å². The molecular formula is C14H17ClN2O. The van der Waals surface area contributed by atoms with E-state index in [1.54, 1.807) is 17.9 Å². The number of aryl methyl sites for hydroxylation is 1. The van der Waals surface area contributed by atoms with E-state index in [1.165, 1.54) is 0 Å². The largest absolute Gasteiger partial charge is 0.383 e. The molecule has 1 aromatic heterocycles. The van der Waals surface area contributed by atoms with Gasteiger partial charge in [0.1, 0.15) is 5.60 Å². The molecule has 0 bridgehead atoms. The van der Waals surface area contributed by atoms with Gasteiger partial charge in [0.2, 0.25) is 0 Å². The lowest BCUT2D eigenvalue weighted by Gasteiger charge is -2.27. The van der Waals surface area contributed by atoms with Crippen molar-refractivity contribution in [2.24, 2.45) is 7.05 Å². The van der Waals surface area contributed by atoms with Crippen LogP contribution in [-0.4, -0.2) is 14.9 Å². The van der Waals surface area contributed by atoms with E-state index in [4.69, 9.17) is 11.6 Å². The second-order valence-electron chi connectivity index (χ2n) is 4.51. The minimum absolute atomic E-state index is 0.512. The van der Waals surface area contributed by atoms with Gasteiger partial charge in [-0.05, 0) is 12.0 Å². The fourth-order valence-electron chi connectivity index (χ4n) is 2.24. The summed E-state index contributed by atoms with van der Waals surface area (Å²) in [4.78, 5) is 0. The number of rotatable bonds is 4. The SMILES string of the molecule is CCC(O)(Cc1ccccc1)c1c(Cl)cnn1C. The quantitative estimate of drug-likeness (QED) is 0.922. The third kappa shape index (κ3) is 2.42.